The van der Waals surface area contributed by atoms with Crippen LogP contribution in [0.3, 0.4) is 0 Å². The van der Waals surface area contributed by atoms with Crippen molar-refractivity contribution in [2.24, 2.45) is 4.99 Å². The fourth-order valence-corrected chi connectivity index (χ4v) is 3.39. The van der Waals surface area contributed by atoms with E-state index < -0.39 is 0 Å². The fraction of sp³-hybridized carbons (Fsp3) is 0.280. The van der Waals surface area contributed by atoms with Crippen molar-refractivity contribution in [1.29, 1.82) is 0 Å². The number of anilines is 1. The van der Waals surface area contributed by atoms with Gasteiger partial charge in [0, 0.05) is 37.0 Å². The quantitative estimate of drug-likeness (QED) is 0.268. The van der Waals surface area contributed by atoms with Crippen LogP contribution < -0.4 is 25.7 Å². The minimum absolute atomic E-state index is 0. The van der Waals surface area contributed by atoms with Crippen molar-refractivity contribution >= 4 is 35.6 Å². The van der Waals surface area contributed by atoms with E-state index in [0.717, 1.165) is 41.3 Å². The Bertz CT molecular complexity index is 1130. The second kappa shape index (κ2) is 12.3. The predicted octanol–water partition coefficient (Wildman–Crippen LogP) is 4.25. The van der Waals surface area contributed by atoms with Crippen LogP contribution in [0.1, 0.15) is 24.5 Å². The highest BCUT2D eigenvalue weighted by Gasteiger charge is 2.11. The molecule has 1 aliphatic heterocycles. The van der Waals surface area contributed by atoms with Gasteiger partial charge in [0.25, 0.3) is 5.56 Å². The Morgan fingerprint density at radius 3 is 2.52 bits per heavy atom. The number of hydrogen-bond acceptors (Lipinski definition) is 4. The van der Waals surface area contributed by atoms with Gasteiger partial charge in [-0.25, -0.2) is 4.99 Å². The number of hydrogen-bond donors (Lipinski definition) is 2. The molecular formula is C25H29IN4O3. The van der Waals surface area contributed by atoms with E-state index in [0.29, 0.717) is 32.3 Å². The van der Waals surface area contributed by atoms with Crippen molar-refractivity contribution in [3.8, 4) is 11.5 Å². The van der Waals surface area contributed by atoms with Gasteiger partial charge in [-0.05, 0) is 36.2 Å². The monoisotopic (exact) mass is 560 g/mol. The first-order valence-corrected chi connectivity index (χ1v) is 10.9. The minimum atomic E-state index is -0.00250. The number of guanidine groups is 1. The maximum absolute atomic E-state index is 11.9. The number of aromatic nitrogens is 1. The zero-order valence-corrected chi connectivity index (χ0v) is 21.0. The summed E-state index contributed by atoms with van der Waals surface area (Å²) in [6.07, 6.45) is 2.68. The summed E-state index contributed by atoms with van der Waals surface area (Å²) in [6.45, 7) is 5.19. The van der Waals surface area contributed by atoms with E-state index in [9.17, 15) is 4.79 Å². The van der Waals surface area contributed by atoms with Crippen LogP contribution in [-0.4, -0.2) is 30.3 Å². The molecule has 7 nitrogen and oxygen atoms in total. The van der Waals surface area contributed by atoms with E-state index in [1.165, 1.54) is 0 Å². The lowest BCUT2D eigenvalue weighted by Gasteiger charge is -2.14. The summed E-state index contributed by atoms with van der Waals surface area (Å²) < 4.78 is 13.2. The van der Waals surface area contributed by atoms with Gasteiger partial charge in [-0.3, -0.25) is 4.79 Å². The van der Waals surface area contributed by atoms with Crippen molar-refractivity contribution in [2.45, 2.75) is 26.4 Å². The van der Waals surface area contributed by atoms with Gasteiger partial charge in [-0.1, -0.05) is 30.3 Å². The van der Waals surface area contributed by atoms with Crippen molar-refractivity contribution in [3.63, 3.8) is 0 Å². The smallest absolute Gasteiger partial charge is 0.250 e. The average Bonchev–Trinajstić information content (AvgIpc) is 3.05. The van der Waals surface area contributed by atoms with Gasteiger partial charge >= 0.3 is 0 Å². The fourth-order valence-electron chi connectivity index (χ4n) is 3.39. The molecule has 2 N–H and O–H groups in total. The van der Waals surface area contributed by atoms with E-state index >= 15 is 0 Å². The van der Waals surface area contributed by atoms with Crippen LogP contribution in [0.4, 0.5) is 5.69 Å². The molecule has 3 aromatic rings. The second-order valence-electron chi connectivity index (χ2n) is 7.52. The van der Waals surface area contributed by atoms with Gasteiger partial charge in [0.15, 0.2) is 17.5 Å². The summed E-state index contributed by atoms with van der Waals surface area (Å²) in [4.78, 5) is 16.6. The molecule has 0 atom stereocenters. The Morgan fingerprint density at radius 2 is 1.76 bits per heavy atom. The van der Waals surface area contributed by atoms with Gasteiger partial charge < -0.3 is 24.7 Å². The molecule has 0 saturated carbocycles. The van der Waals surface area contributed by atoms with Gasteiger partial charge in [0.05, 0.1) is 26.3 Å². The van der Waals surface area contributed by atoms with Crippen LogP contribution in [0.25, 0.3) is 0 Å². The highest BCUT2D eigenvalue weighted by molar-refractivity contribution is 14.0. The molecule has 0 fully saturated rings. The molecule has 2 aromatic carbocycles. The summed E-state index contributed by atoms with van der Waals surface area (Å²) in [6, 6.07) is 19.2. The van der Waals surface area contributed by atoms with Crippen LogP contribution >= 0.6 is 24.0 Å². The normalized spacial score (nSPS) is 12.9. The first-order chi connectivity index (χ1) is 15.7. The number of aliphatic imine (C=N–C) groups is 1. The lowest BCUT2D eigenvalue weighted by atomic mass is 10.1. The van der Waals surface area contributed by atoms with Crippen molar-refractivity contribution < 1.29 is 9.47 Å². The molecule has 0 unspecified atom stereocenters. The molecule has 1 aromatic heterocycles. The van der Waals surface area contributed by atoms with Crippen LogP contribution in [0.15, 0.2) is 76.6 Å². The largest absolute Gasteiger partial charge is 0.490 e. The Labute approximate surface area is 210 Å². The molecule has 1 aliphatic rings. The molecule has 0 aliphatic carbocycles. The molecule has 0 bridgehead atoms. The van der Waals surface area contributed by atoms with Crippen molar-refractivity contribution in [2.75, 3.05) is 25.1 Å². The predicted molar refractivity (Wildman–Crippen MR) is 142 cm³/mol. The molecule has 2 heterocycles. The van der Waals surface area contributed by atoms with Crippen molar-refractivity contribution in [3.05, 3.63) is 88.3 Å². The topological polar surface area (TPSA) is 76.9 Å². The van der Waals surface area contributed by atoms with Gasteiger partial charge in [0.2, 0.25) is 0 Å². The lowest BCUT2D eigenvalue weighted by molar-refractivity contribution is 0.297. The molecule has 0 saturated heterocycles. The molecular weight excluding hydrogens is 531 g/mol. The second-order valence-corrected chi connectivity index (χ2v) is 7.52. The number of nitrogens with one attached hydrogen (secondary N) is 2. The van der Waals surface area contributed by atoms with E-state index in [1.807, 2.05) is 55.5 Å². The summed E-state index contributed by atoms with van der Waals surface area (Å²) in [5, 5.41) is 6.61. The number of benzene rings is 2. The first kappa shape index (κ1) is 24.6. The van der Waals surface area contributed by atoms with Crippen molar-refractivity contribution in [1.82, 2.24) is 9.88 Å². The van der Waals surface area contributed by atoms with Gasteiger partial charge in [-0.15, -0.1) is 24.0 Å². The molecule has 4 rings (SSSR count). The van der Waals surface area contributed by atoms with Crippen LogP contribution in [0.5, 0.6) is 11.5 Å². The maximum atomic E-state index is 11.9. The number of nitrogens with zero attached hydrogens (tertiary/aromatic N) is 2. The third-order valence-electron chi connectivity index (χ3n) is 5.05. The van der Waals surface area contributed by atoms with Gasteiger partial charge in [0.1, 0.15) is 0 Å². The minimum Gasteiger partial charge on any atom is -0.490 e. The van der Waals surface area contributed by atoms with E-state index in [1.54, 1.807) is 22.9 Å². The number of rotatable bonds is 6. The zero-order chi connectivity index (χ0) is 22.2. The molecule has 8 heteroatoms. The Hall–Kier alpha value is -3.01. The third kappa shape index (κ3) is 6.98. The molecule has 174 valence electrons. The zero-order valence-electron chi connectivity index (χ0n) is 18.6. The van der Waals surface area contributed by atoms with Crippen LogP contribution in [0, 0.1) is 0 Å². The third-order valence-corrected chi connectivity index (χ3v) is 5.05. The van der Waals surface area contributed by atoms with Gasteiger partial charge in [-0.2, -0.15) is 0 Å². The summed E-state index contributed by atoms with van der Waals surface area (Å²) in [7, 11) is 0. The van der Waals surface area contributed by atoms with E-state index in [-0.39, 0.29) is 29.5 Å². The highest BCUT2D eigenvalue weighted by atomic mass is 127. The Kier molecular flexibility index (Phi) is 9.17. The standard InChI is InChI=1S/C25H28N4O3.HI/c1-2-26-25(28-21-11-12-22-23(16-21)32-15-5-14-31-22)27-17-19-7-9-20(10-8-19)18-29-13-4-3-6-24(29)30;/h3-4,6-13,16H,2,5,14-15,17-18H2,1H3,(H2,26,27,28);1H. The van der Waals surface area contributed by atoms with Crippen LogP contribution in [0.2, 0.25) is 0 Å². The summed E-state index contributed by atoms with van der Waals surface area (Å²) in [5.41, 5.74) is 3.04. The van der Waals surface area contributed by atoms with Crippen LogP contribution in [-0.2, 0) is 13.1 Å². The van der Waals surface area contributed by atoms with E-state index in [2.05, 4.69) is 10.6 Å². The Morgan fingerprint density at radius 1 is 1.00 bits per heavy atom. The molecule has 0 spiro atoms. The molecule has 0 radical (unpaired) electrons. The molecule has 0 amide bonds. The average molecular weight is 560 g/mol. The lowest BCUT2D eigenvalue weighted by Crippen LogP contribution is -2.30. The Balaban J connectivity index is 0.00000306. The molecule has 33 heavy (non-hydrogen) atoms. The number of ether oxygens (including phenoxy) is 2. The van der Waals surface area contributed by atoms with E-state index in [4.69, 9.17) is 14.5 Å². The SMILES string of the molecule is CCNC(=NCc1ccc(Cn2ccccc2=O)cc1)Nc1ccc2c(c1)OCCCO2.I. The first-order valence-electron chi connectivity index (χ1n) is 10.9. The number of halogens is 1. The summed E-state index contributed by atoms with van der Waals surface area (Å²) >= 11 is 0. The number of fused-ring (bicyclic) bond motifs is 1. The summed E-state index contributed by atoms with van der Waals surface area (Å²) in [5.74, 6) is 2.21. The number of pyridine rings is 1. The highest BCUT2D eigenvalue weighted by Crippen LogP contribution is 2.32. The maximum Gasteiger partial charge on any atom is 0.250 e.